The zero-order valence-electron chi connectivity index (χ0n) is 9.76. The van der Waals surface area contributed by atoms with Gasteiger partial charge in [-0.25, -0.2) is 4.79 Å². The third kappa shape index (κ3) is 1.50. The van der Waals surface area contributed by atoms with Gasteiger partial charge < -0.3 is 9.84 Å². The fourth-order valence-corrected chi connectivity index (χ4v) is 3.97. The highest BCUT2D eigenvalue weighted by molar-refractivity contribution is 5.85. The summed E-state index contributed by atoms with van der Waals surface area (Å²) in [6.07, 6.45) is 3.93. The second-order valence-electron chi connectivity index (χ2n) is 5.53. The second-order valence-corrected chi connectivity index (χ2v) is 5.53. The summed E-state index contributed by atoms with van der Waals surface area (Å²) < 4.78 is 5.13. The van der Waals surface area contributed by atoms with Crippen molar-refractivity contribution in [2.45, 2.75) is 19.8 Å². The van der Waals surface area contributed by atoms with Crippen molar-refractivity contribution in [1.82, 2.24) is 0 Å². The number of hydrogen-bond acceptors (Lipinski definition) is 3. The average molecular weight is 236 g/mol. The van der Waals surface area contributed by atoms with E-state index >= 15 is 0 Å². The summed E-state index contributed by atoms with van der Waals surface area (Å²) in [5, 5.41) is 8.89. The molecule has 2 saturated carbocycles. The van der Waals surface area contributed by atoms with Crippen LogP contribution in [0.25, 0.3) is 0 Å². The van der Waals surface area contributed by atoms with Crippen molar-refractivity contribution in [3.05, 3.63) is 11.6 Å². The molecule has 0 radical (unpaired) electrons. The van der Waals surface area contributed by atoms with Gasteiger partial charge in [0.25, 0.3) is 0 Å². The smallest absolute Gasteiger partial charge is 0.330 e. The summed E-state index contributed by atoms with van der Waals surface area (Å²) >= 11 is 0. The lowest BCUT2D eigenvalue weighted by Gasteiger charge is -2.26. The Morgan fingerprint density at radius 3 is 2.88 bits per heavy atom. The molecule has 17 heavy (non-hydrogen) atoms. The lowest BCUT2D eigenvalue weighted by atomic mass is 9.75. The van der Waals surface area contributed by atoms with Crippen molar-refractivity contribution < 1.29 is 19.4 Å². The third-order valence-electron chi connectivity index (χ3n) is 4.72. The Balaban J connectivity index is 1.82. The van der Waals surface area contributed by atoms with Crippen LogP contribution < -0.4 is 0 Å². The van der Waals surface area contributed by atoms with E-state index in [2.05, 4.69) is 0 Å². The van der Waals surface area contributed by atoms with Gasteiger partial charge in [0.05, 0.1) is 12.5 Å². The fourth-order valence-electron chi connectivity index (χ4n) is 3.97. The lowest BCUT2D eigenvalue weighted by molar-refractivity contribution is -0.142. The van der Waals surface area contributed by atoms with Crippen LogP contribution in [0.15, 0.2) is 11.6 Å². The molecule has 1 heterocycles. The Morgan fingerprint density at radius 2 is 2.18 bits per heavy atom. The normalized spacial score (nSPS) is 43.7. The van der Waals surface area contributed by atoms with Gasteiger partial charge in [-0.15, -0.1) is 0 Å². The number of ether oxygens (including phenoxy) is 1. The monoisotopic (exact) mass is 236 g/mol. The molecule has 3 fully saturated rings. The molecule has 1 aliphatic heterocycles. The van der Waals surface area contributed by atoms with Gasteiger partial charge >= 0.3 is 11.9 Å². The van der Waals surface area contributed by atoms with Crippen LogP contribution in [0.3, 0.4) is 0 Å². The summed E-state index contributed by atoms with van der Waals surface area (Å²) in [4.78, 5) is 22.5. The number of carbonyl (C=O) groups excluding carboxylic acids is 1. The number of aliphatic carboxylic acids is 1. The van der Waals surface area contributed by atoms with Crippen LogP contribution in [-0.4, -0.2) is 23.7 Å². The van der Waals surface area contributed by atoms with E-state index in [4.69, 9.17) is 9.84 Å². The molecule has 3 rings (SSSR count). The molecule has 2 aliphatic carbocycles. The van der Waals surface area contributed by atoms with Crippen LogP contribution in [0.2, 0.25) is 0 Å². The van der Waals surface area contributed by atoms with E-state index in [-0.39, 0.29) is 17.8 Å². The fraction of sp³-hybridized carbons (Fsp3) is 0.692. The second kappa shape index (κ2) is 3.59. The highest BCUT2D eigenvalue weighted by atomic mass is 16.5. The zero-order valence-corrected chi connectivity index (χ0v) is 9.76. The molecular weight excluding hydrogens is 220 g/mol. The van der Waals surface area contributed by atoms with Gasteiger partial charge in [0.1, 0.15) is 0 Å². The van der Waals surface area contributed by atoms with Gasteiger partial charge in [-0.3, -0.25) is 4.79 Å². The largest absolute Gasteiger partial charge is 0.478 e. The molecule has 5 atom stereocenters. The standard InChI is InChI=1S/C13H16O4/c1-6(12(14)15)2-7-3-8-4-9(7)11-10(8)5-17-13(11)16/h2,7-11H,3-5H2,1H3,(H,14,15)/b6-2+. The number of fused-ring (bicyclic) bond motifs is 5. The first-order valence-corrected chi connectivity index (χ1v) is 6.16. The van der Waals surface area contributed by atoms with E-state index in [0.717, 1.165) is 12.8 Å². The molecule has 3 aliphatic rings. The molecule has 2 bridgehead atoms. The Morgan fingerprint density at radius 1 is 1.41 bits per heavy atom. The number of hydrogen-bond donors (Lipinski definition) is 1. The van der Waals surface area contributed by atoms with Crippen LogP contribution >= 0.6 is 0 Å². The minimum Gasteiger partial charge on any atom is -0.478 e. The van der Waals surface area contributed by atoms with E-state index in [9.17, 15) is 9.59 Å². The van der Waals surface area contributed by atoms with Crippen LogP contribution in [0.1, 0.15) is 19.8 Å². The van der Waals surface area contributed by atoms with E-state index < -0.39 is 5.97 Å². The maximum Gasteiger partial charge on any atom is 0.330 e. The van der Waals surface area contributed by atoms with Crippen molar-refractivity contribution >= 4 is 11.9 Å². The van der Waals surface area contributed by atoms with Crippen molar-refractivity contribution in [1.29, 1.82) is 0 Å². The Kier molecular flexibility index (Phi) is 2.28. The highest BCUT2D eigenvalue weighted by Gasteiger charge is 2.58. The maximum atomic E-state index is 11.7. The average Bonchev–Trinajstić information content (AvgIpc) is 2.91. The van der Waals surface area contributed by atoms with E-state index in [1.807, 2.05) is 6.08 Å². The minimum absolute atomic E-state index is 0.0385. The van der Waals surface area contributed by atoms with Crippen molar-refractivity contribution in [2.24, 2.45) is 29.6 Å². The van der Waals surface area contributed by atoms with Crippen LogP contribution in [0.4, 0.5) is 0 Å². The molecule has 92 valence electrons. The molecule has 0 aromatic carbocycles. The van der Waals surface area contributed by atoms with Gasteiger partial charge in [0.2, 0.25) is 0 Å². The maximum absolute atomic E-state index is 11.7. The van der Waals surface area contributed by atoms with E-state index in [1.165, 1.54) is 0 Å². The van der Waals surface area contributed by atoms with E-state index in [0.29, 0.717) is 29.9 Å². The highest BCUT2D eigenvalue weighted by Crippen LogP contribution is 2.58. The molecule has 4 nitrogen and oxygen atoms in total. The van der Waals surface area contributed by atoms with Gasteiger partial charge in [-0.05, 0) is 37.5 Å². The number of carbonyl (C=O) groups is 2. The summed E-state index contributed by atoms with van der Waals surface area (Å²) in [6, 6.07) is 0. The molecule has 1 saturated heterocycles. The zero-order chi connectivity index (χ0) is 12.2. The number of esters is 1. The number of carboxylic acid groups (broad SMARTS) is 1. The van der Waals surface area contributed by atoms with Crippen molar-refractivity contribution in [3.8, 4) is 0 Å². The third-order valence-corrected chi connectivity index (χ3v) is 4.72. The Hall–Kier alpha value is -1.32. The molecule has 5 unspecified atom stereocenters. The van der Waals surface area contributed by atoms with Gasteiger partial charge in [-0.2, -0.15) is 0 Å². The number of allylic oxidation sites excluding steroid dienone is 1. The van der Waals surface area contributed by atoms with E-state index in [1.54, 1.807) is 6.92 Å². The summed E-state index contributed by atoms with van der Waals surface area (Å²) in [5.74, 6) is 0.641. The predicted molar refractivity (Wildman–Crippen MR) is 59.0 cm³/mol. The van der Waals surface area contributed by atoms with Crippen LogP contribution in [-0.2, 0) is 14.3 Å². The molecular formula is C13H16O4. The van der Waals surface area contributed by atoms with Crippen molar-refractivity contribution in [3.63, 3.8) is 0 Å². The first-order chi connectivity index (χ1) is 8.08. The molecule has 4 heteroatoms. The molecule has 0 aromatic rings. The molecule has 1 N–H and O–H groups in total. The summed E-state index contributed by atoms with van der Waals surface area (Å²) in [6.45, 7) is 2.21. The first-order valence-electron chi connectivity index (χ1n) is 6.16. The Bertz CT molecular complexity index is 412. The van der Waals surface area contributed by atoms with Crippen LogP contribution in [0, 0.1) is 29.6 Å². The van der Waals surface area contributed by atoms with Gasteiger partial charge in [0, 0.05) is 11.5 Å². The number of rotatable bonds is 2. The Labute approximate surface area is 99.6 Å². The first kappa shape index (κ1) is 10.8. The summed E-state index contributed by atoms with van der Waals surface area (Å²) in [5.41, 5.74) is 0.394. The molecule has 0 aromatic heterocycles. The number of cyclic esters (lactones) is 1. The predicted octanol–water partition coefficient (Wildman–Crippen LogP) is 1.46. The number of carboxylic acids is 1. The van der Waals surface area contributed by atoms with Crippen molar-refractivity contribution in [2.75, 3.05) is 6.61 Å². The quantitative estimate of drug-likeness (QED) is 0.582. The topological polar surface area (TPSA) is 63.6 Å². The minimum atomic E-state index is -0.863. The SMILES string of the molecule is C/C(=C\C1CC2CC1C1C(=O)OCC21)C(=O)O. The lowest BCUT2D eigenvalue weighted by Crippen LogP contribution is -2.28. The van der Waals surface area contributed by atoms with Crippen LogP contribution in [0.5, 0.6) is 0 Å². The molecule has 0 spiro atoms. The summed E-state index contributed by atoms with van der Waals surface area (Å²) in [7, 11) is 0. The molecule has 0 amide bonds. The van der Waals surface area contributed by atoms with Gasteiger partial charge in [0.15, 0.2) is 0 Å². The van der Waals surface area contributed by atoms with Gasteiger partial charge in [-0.1, -0.05) is 6.08 Å².